The van der Waals surface area contributed by atoms with E-state index >= 15 is 0 Å². The van der Waals surface area contributed by atoms with Gasteiger partial charge in [0.15, 0.2) is 0 Å². The monoisotopic (exact) mass is 390 g/mol. The molecule has 0 heterocycles. The highest BCUT2D eigenvalue weighted by molar-refractivity contribution is 9.10. The molecular formula is C19H23BrN2O2. The second-order valence-electron chi connectivity index (χ2n) is 5.73. The zero-order chi connectivity index (χ0) is 17.5. The summed E-state index contributed by atoms with van der Waals surface area (Å²) in [5, 5.41) is 6.27. The molecule has 5 heteroatoms. The Labute approximate surface area is 151 Å². The molecule has 0 fully saturated rings. The summed E-state index contributed by atoms with van der Waals surface area (Å²) in [6.45, 7) is 4.43. The topological polar surface area (TPSA) is 50.4 Å². The molecule has 128 valence electrons. The number of nitrogens with one attached hydrogen (secondary N) is 2. The number of ether oxygens (including phenoxy) is 1. The Morgan fingerprint density at radius 3 is 2.29 bits per heavy atom. The van der Waals surface area contributed by atoms with Crippen molar-refractivity contribution < 1.29 is 9.53 Å². The van der Waals surface area contributed by atoms with Crippen molar-refractivity contribution in [3.05, 3.63) is 64.1 Å². The molecule has 2 N–H and O–H groups in total. The molecule has 2 unspecified atom stereocenters. The molecule has 2 atom stereocenters. The Kier molecular flexibility index (Phi) is 6.82. The van der Waals surface area contributed by atoms with Crippen molar-refractivity contribution in [3.8, 4) is 5.75 Å². The lowest BCUT2D eigenvalue weighted by molar-refractivity contribution is -0.123. The number of carbonyl (C=O) groups is 1. The molecule has 4 nitrogen and oxygen atoms in total. The molecule has 2 aromatic rings. The highest BCUT2D eigenvalue weighted by atomic mass is 79.9. The van der Waals surface area contributed by atoms with E-state index in [1.54, 1.807) is 7.11 Å². The number of halogens is 1. The maximum atomic E-state index is 12.3. The number of hydrogen-bond donors (Lipinski definition) is 2. The molecular weight excluding hydrogens is 368 g/mol. The lowest BCUT2D eigenvalue weighted by atomic mass is 10.1. The van der Waals surface area contributed by atoms with Gasteiger partial charge in [0.05, 0.1) is 13.2 Å². The van der Waals surface area contributed by atoms with Crippen molar-refractivity contribution in [3.63, 3.8) is 0 Å². The first-order valence-electron chi connectivity index (χ1n) is 7.91. The van der Waals surface area contributed by atoms with Gasteiger partial charge < -0.3 is 10.1 Å². The first kappa shape index (κ1) is 18.5. The van der Waals surface area contributed by atoms with Crippen molar-refractivity contribution in [1.29, 1.82) is 0 Å². The van der Waals surface area contributed by atoms with Gasteiger partial charge in [-0.2, -0.15) is 0 Å². The summed E-state index contributed by atoms with van der Waals surface area (Å²) in [5.74, 6) is 0.790. The third-order valence-corrected chi connectivity index (χ3v) is 4.42. The number of methoxy groups -OCH3 is 1. The Hall–Kier alpha value is -1.85. The SMILES string of the molecule is COc1ccc(CNC(=O)C(C)NC(C)c2ccc(Br)cc2)cc1. The van der Waals surface area contributed by atoms with Gasteiger partial charge in [-0.3, -0.25) is 10.1 Å². The third-order valence-electron chi connectivity index (χ3n) is 3.89. The van der Waals surface area contributed by atoms with E-state index in [1.807, 2.05) is 55.5 Å². The molecule has 0 aromatic heterocycles. The predicted octanol–water partition coefficient (Wildman–Crippen LogP) is 3.81. The summed E-state index contributed by atoms with van der Waals surface area (Å²) in [4.78, 5) is 12.3. The number of rotatable bonds is 7. The minimum atomic E-state index is -0.276. The number of hydrogen-bond acceptors (Lipinski definition) is 3. The maximum absolute atomic E-state index is 12.3. The van der Waals surface area contributed by atoms with E-state index in [-0.39, 0.29) is 18.0 Å². The largest absolute Gasteiger partial charge is 0.497 e. The first-order chi connectivity index (χ1) is 11.5. The first-order valence-corrected chi connectivity index (χ1v) is 8.71. The minimum absolute atomic E-state index is 0.0187. The Bertz CT molecular complexity index is 656. The van der Waals surface area contributed by atoms with Gasteiger partial charge in [-0.25, -0.2) is 0 Å². The molecule has 2 rings (SSSR count). The van der Waals surface area contributed by atoms with Crippen LogP contribution in [0.5, 0.6) is 5.75 Å². The molecule has 2 aromatic carbocycles. The number of benzene rings is 2. The molecule has 0 aliphatic carbocycles. The fourth-order valence-corrected chi connectivity index (χ4v) is 2.65. The zero-order valence-electron chi connectivity index (χ0n) is 14.2. The van der Waals surface area contributed by atoms with Gasteiger partial charge in [0.25, 0.3) is 0 Å². The van der Waals surface area contributed by atoms with Gasteiger partial charge in [0, 0.05) is 17.1 Å². The molecule has 0 saturated carbocycles. The highest BCUT2D eigenvalue weighted by Crippen LogP contribution is 2.17. The maximum Gasteiger partial charge on any atom is 0.237 e. The van der Waals surface area contributed by atoms with Gasteiger partial charge in [-0.1, -0.05) is 40.2 Å². The van der Waals surface area contributed by atoms with E-state index in [0.29, 0.717) is 6.54 Å². The van der Waals surface area contributed by atoms with Crippen molar-refractivity contribution in [2.45, 2.75) is 32.5 Å². The van der Waals surface area contributed by atoms with Crippen LogP contribution in [-0.4, -0.2) is 19.1 Å². The average molecular weight is 391 g/mol. The van der Waals surface area contributed by atoms with Crippen molar-refractivity contribution in [2.24, 2.45) is 0 Å². The van der Waals surface area contributed by atoms with Gasteiger partial charge in [-0.05, 0) is 49.2 Å². The summed E-state index contributed by atoms with van der Waals surface area (Å²) >= 11 is 3.43. The van der Waals surface area contributed by atoms with E-state index in [2.05, 4.69) is 33.5 Å². The van der Waals surface area contributed by atoms with Crippen LogP contribution in [0.15, 0.2) is 53.0 Å². The van der Waals surface area contributed by atoms with Crippen LogP contribution in [0.25, 0.3) is 0 Å². The molecule has 0 spiro atoms. The Morgan fingerprint density at radius 2 is 1.71 bits per heavy atom. The summed E-state index contributed by atoms with van der Waals surface area (Å²) in [6.07, 6.45) is 0. The second-order valence-corrected chi connectivity index (χ2v) is 6.64. The fraction of sp³-hybridized carbons (Fsp3) is 0.316. The predicted molar refractivity (Wildman–Crippen MR) is 100.0 cm³/mol. The lowest BCUT2D eigenvalue weighted by Crippen LogP contribution is -2.42. The Morgan fingerprint density at radius 1 is 1.08 bits per heavy atom. The molecule has 0 aliphatic heterocycles. The molecule has 0 aliphatic rings. The molecule has 0 bridgehead atoms. The van der Waals surface area contributed by atoms with Crippen molar-refractivity contribution >= 4 is 21.8 Å². The van der Waals surface area contributed by atoms with Crippen molar-refractivity contribution in [2.75, 3.05) is 7.11 Å². The number of carbonyl (C=O) groups excluding carboxylic acids is 1. The number of amides is 1. The van der Waals surface area contributed by atoms with Crippen LogP contribution < -0.4 is 15.4 Å². The second kappa shape index (κ2) is 8.85. The van der Waals surface area contributed by atoms with Gasteiger partial charge in [-0.15, -0.1) is 0 Å². The van der Waals surface area contributed by atoms with Crippen LogP contribution >= 0.6 is 15.9 Å². The van der Waals surface area contributed by atoms with Crippen LogP contribution in [0.2, 0.25) is 0 Å². The molecule has 24 heavy (non-hydrogen) atoms. The fourth-order valence-electron chi connectivity index (χ4n) is 2.38. The third kappa shape index (κ3) is 5.35. The Balaban J connectivity index is 1.83. The minimum Gasteiger partial charge on any atom is -0.497 e. The van der Waals surface area contributed by atoms with Crippen LogP contribution in [0.4, 0.5) is 0 Å². The quantitative estimate of drug-likeness (QED) is 0.755. The summed E-state index contributed by atoms with van der Waals surface area (Å²) in [5.41, 5.74) is 2.19. The van der Waals surface area contributed by atoms with Gasteiger partial charge in [0.1, 0.15) is 5.75 Å². The normalized spacial score (nSPS) is 13.2. The van der Waals surface area contributed by atoms with E-state index in [9.17, 15) is 4.79 Å². The highest BCUT2D eigenvalue weighted by Gasteiger charge is 2.16. The van der Waals surface area contributed by atoms with Crippen LogP contribution in [0, 0.1) is 0 Å². The summed E-state index contributed by atoms with van der Waals surface area (Å²) in [7, 11) is 1.64. The summed E-state index contributed by atoms with van der Waals surface area (Å²) < 4.78 is 6.17. The zero-order valence-corrected chi connectivity index (χ0v) is 15.8. The lowest BCUT2D eigenvalue weighted by Gasteiger charge is -2.20. The van der Waals surface area contributed by atoms with E-state index in [1.165, 1.54) is 0 Å². The average Bonchev–Trinajstić information content (AvgIpc) is 2.60. The van der Waals surface area contributed by atoms with E-state index < -0.39 is 0 Å². The van der Waals surface area contributed by atoms with E-state index in [0.717, 1.165) is 21.3 Å². The summed E-state index contributed by atoms with van der Waals surface area (Å²) in [6, 6.07) is 15.6. The molecule has 0 saturated heterocycles. The molecule has 0 radical (unpaired) electrons. The smallest absolute Gasteiger partial charge is 0.237 e. The van der Waals surface area contributed by atoms with Gasteiger partial charge in [0.2, 0.25) is 5.91 Å². The van der Waals surface area contributed by atoms with Crippen LogP contribution in [0.1, 0.15) is 31.0 Å². The van der Waals surface area contributed by atoms with Crippen LogP contribution in [0.3, 0.4) is 0 Å². The van der Waals surface area contributed by atoms with Gasteiger partial charge >= 0.3 is 0 Å². The molecule has 1 amide bonds. The van der Waals surface area contributed by atoms with E-state index in [4.69, 9.17) is 4.74 Å². The van der Waals surface area contributed by atoms with Crippen LogP contribution in [-0.2, 0) is 11.3 Å². The van der Waals surface area contributed by atoms with Crippen molar-refractivity contribution in [1.82, 2.24) is 10.6 Å². The standard InChI is InChI=1S/C19H23BrN2O2/c1-13(16-6-8-17(20)9-7-16)22-14(2)19(23)21-12-15-4-10-18(24-3)11-5-15/h4-11,13-14,22H,12H2,1-3H3,(H,21,23).